The van der Waals surface area contributed by atoms with Crippen LogP contribution in [0.3, 0.4) is 0 Å². The molecule has 5 nitrogen and oxygen atoms in total. The van der Waals surface area contributed by atoms with Crippen LogP contribution in [-0.4, -0.2) is 15.9 Å². The number of fused-ring (bicyclic) bond motifs is 1. The fourth-order valence-corrected chi connectivity index (χ4v) is 1.89. The van der Waals surface area contributed by atoms with Crippen molar-refractivity contribution in [3.63, 3.8) is 0 Å². The topological polar surface area (TPSA) is 78.1 Å². The Kier molecular flexibility index (Phi) is 3.19. The van der Waals surface area contributed by atoms with Crippen LogP contribution in [0.15, 0.2) is 48.8 Å². The molecule has 0 unspecified atom stereocenters. The second kappa shape index (κ2) is 5.16. The summed E-state index contributed by atoms with van der Waals surface area (Å²) in [5.41, 5.74) is 6.12. The average Bonchev–Trinajstić information content (AvgIpc) is 2.48. The highest BCUT2D eigenvalue weighted by molar-refractivity contribution is 5.92. The zero-order chi connectivity index (χ0) is 14.8. The number of nitrogens with two attached hydrogens (primary N) is 1. The largest absolute Gasteiger partial charge is 0.438 e. The van der Waals surface area contributed by atoms with Gasteiger partial charge in [-0.3, -0.25) is 4.79 Å². The minimum atomic E-state index is -0.517. The van der Waals surface area contributed by atoms with E-state index >= 15 is 0 Å². The summed E-state index contributed by atoms with van der Waals surface area (Å²) in [5.74, 6) is -0.210. The Hall–Kier alpha value is -3.02. The minimum Gasteiger partial charge on any atom is -0.438 e. The van der Waals surface area contributed by atoms with Crippen LogP contribution in [0.5, 0.6) is 11.6 Å². The molecule has 21 heavy (non-hydrogen) atoms. The number of benzene rings is 2. The fraction of sp³-hybridized carbons (Fsp3) is 0. The van der Waals surface area contributed by atoms with Gasteiger partial charge in [-0.1, -0.05) is 0 Å². The highest BCUT2D eigenvalue weighted by Gasteiger charge is 2.08. The molecule has 0 aliphatic carbocycles. The molecule has 104 valence electrons. The average molecular weight is 283 g/mol. The normalized spacial score (nSPS) is 10.5. The standard InChI is InChI=1S/C15H10FN3O2/c16-10-3-6-13-12(7-10)15(19-8-18-13)21-11-4-1-9(2-5-11)14(17)20/h1-8H,(H2,17,20). The Labute approximate surface area is 119 Å². The van der Waals surface area contributed by atoms with Crippen LogP contribution in [-0.2, 0) is 0 Å². The van der Waals surface area contributed by atoms with Crippen molar-refractivity contribution in [2.45, 2.75) is 0 Å². The molecular weight excluding hydrogens is 273 g/mol. The lowest BCUT2D eigenvalue weighted by molar-refractivity contribution is 0.100. The maximum absolute atomic E-state index is 13.3. The van der Waals surface area contributed by atoms with Crippen LogP contribution in [0, 0.1) is 5.82 Å². The fourth-order valence-electron chi connectivity index (χ4n) is 1.89. The third kappa shape index (κ3) is 2.64. The van der Waals surface area contributed by atoms with E-state index < -0.39 is 11.7 Å². The highest BCUT2D eigenvalue weighted by Crippen LogP contribution is 2.27. The Morgan fingerprint density at radius 3 is 2.57 bits per heavy atom. The van der Waals surface area contributed by atoms with Crippen molar-refractivity contribution in [2.24, 2.45) is 5.73 Å². The molecule has 0 fully saturated rings. The van der Waals surface area contributed by atoms with E-state index in [2.05, 4.69) is 9.97 Å². The van der Waals surface area contributed by atoms with Crippen molar-refractivity contribution < 1.29 is 13.9 Å². The van der Waals surface area contributed by atoms with E-state index in [1.165, 1.54) is 18.5 Å². The molecule has 3 rings (SSSR count). The van der Waals surface area contributed by atoms with Crippen LogP contribution in [0.1, 0.15) is 10.4 Å². The van der Waals surface area contributed by atoms with Crippen LogP contribution < -0.4 is 10.5 Å². The van der Waals surface area contributed by atoms with Gasteiger partial charge in [0, 0.05) is 5.56 Å². The number of halogens is 1. The number of hydrogen-bond acceptors (Lipinski definition) is 4. The zero-order valence-corrected chi connectivity index (χ0v) is 10.8. The summed E-state index contributed by atoms with van der Waals surface area (Å²) in [6, 6.07) is 10.4. The molecule has 0 saturated heterocycles. The van der Waals surface area contributed by atoms with Crippen LogP contribution in [0.4, 0.5) is 4.39 Å². The van der Waals surface area contributed by atoms with Crippen molar-refractivity contribution in [3.05, 3.63) is 60.2 Å². The summed E-state index contributed by atoms with van der Waals surface area (Å²) < 4.78 is 18.9. The van der Waals surface area contributed by atoms with Gasteiger partial charge in [-0.15, -0.1) is 0 Å². The summed E-state index contributed by atoms with van der Waals surface area (Å²) in [7, 11) is 0. The van der Waals surface area contributed by atoms with E-state index in [9.17, 15) is 9.18 Å². The van der Waals surface area contributed by atoms with E-state index in [1.54, 1.807) is 30.3 Å². The second-order valence-corrected chi connectivity index (χ2v) is 4.33. The smallest absolute Gasteiger partial charge is 0.248 e. The molecule has 6 heteroatoms. The number of primary amides is 1. The lowest BCUT2D eigenvalue weighted by Crippen LogP contribution is -2.10. The molecular formula is C15H10FN3O2. The molecule has 3 aromatic rings. The van der Waals surface area contributed by atoms with Gasteiger partial charge in [0.15, 0.2) is 0 Å². The molecule has 1 aromatic heterocycles. The van der Waals surface area contributed by atoms with Gasteiger partial charge in [0.05, 0.1) is 10.9 Å². The van der Waals surface area contributed by atoms with Crippen molar-refractivity contribution in [2.75, 3.05) is 0 Å². The third-order valence-electron chi connectivity index (χ3n) is 2.91. The van der Waals surface area contributed by atoms with E-state index in [-0.39, 0.29) is 5.88 Å². The second-order valence-electron chi connectivity index (χ2n) is 4.33. The van der Waals surface area contributed by atoms with Crippen molar-refractivity contribution in [3.8, 4) is 11.6 Å². The molecule has 0 aliphatic heterocycles. The molecule has 2 aromatic carbocycles. The third-order valence-corrected chi connectivity index (χ3v) is 2.91. The van der Waals surface area contributed by atoms with Gasteiger partial charge in [0.1, 0.15) is 17.9 Å². The van der Waals surface area contributed by atoms with Gasteiger partial charge >= 0.3 is 0 Å². The maximum atomic E-state index is 13.3. The number of aromatic nitrogens is 2. The summed E-state index contributed by atoms with van der Waals surface area (Å²) >= 11 is 0. The van der Waals surface area contributed by atoms with Crippen LogP contribution >= 0.6 is 0 Å². The molecule has 0 radical (unpaired) electrons. The summed E-state index contributed by atoms with van der Waals surface area (Å²) in [6.07, 6.45) is 1.34. The number of rotatable bonds is 3. The number of ether oxygens (including phenoxy) is 1. The van der Waals surface area contributed by atoms with Crippen LogP contribution in [0.2, 0.25) is 0 Å². The number of hydrogen-bond donors (Lipinski definition) is 1. The molecule has 0 spiro atoms. The Bertz CT molecular complexity index is 819. The first-order chi connectivity index (χ1) is 10.1. The molecule has 0 aliphatic rings. The SMILES string of the molecule is NC(=O)c1ccc(Oc2ncnc3ccc(F)cc23)cc1. The molecule has 1 amide bonds. The monoisotopic (exact) mass is 283 g/mol. The first-order valence-electron chi connectivity index (χ1n) is 6.11. The molecule has 2 N–H and O–H groups in total. The van der Waals surface area contributed by atoms with Crippen molar-refractivity contribution >= 4 is 16.8 Å². The Balaban J connectivity index is 1.97. The lowest BCUT2D eigenvalue weighted by atomic mass is 10.2. The van der Waals surface area contributed by atoms with E-state index in [1.807, 2.05) is 0 Å². The number of amides is 1. The lowest BCUT2D eigenvalue weighted by Gasteiger charge is -2.07. The quantitative estimate of drug-likeness (QED) is 0.801. The zero-order valence-electron chi connectivity index (χ0n) is 10.8. The summed E-state index contributed by atoms with van der Waals surface area (Å²) in [5, 5.41) is 0.469. The summed E-state index contributed by atoms with van der Waals surface area (Å²) in [4.78, 5) is 19.1. The van der Waals surface area contributed by atoms with Gasteiger partial charge in [-0.05, 0) is 42.5 Å². The van der Waals surface area contributed by atoms with Crippen LogP contribution in [0.25, 0.3) is 10.9 Å². The maximum Gasteiger partial charge on any atom is 0.248 e. The molecule has 1 heterocycles. The predicted octanol–water partition coefficient (Wildman–Crippen LogP) is 2.66. The number of nitrogens with zero attached hydrogens (tertiary/aromatic N) is 2. The first-order valence-corrected chi connectivity index (χ1v) is 6.11. The van der Waals surface area contributed by atoms with Gasteiger partial charge < -0.3 is 10.5 Å². The van der Waals surface area contributed by atoms with Gasteiger partial charge in [-0.2, -0.15) is 0 Å². The van der Waals surface area contributed by atoms with Gasteiger partial charge in [0.2, 0.25) is 11.8 Å². The predicted molar refractivity (Wildman–Crippen MR) is 74.5 cm³/mol. The number of carbonyl (C=O) groups is 1. The number of carbonyl (C=O) groups excluding carboxylic acids is 1. The van der Waals surface area contributed by atoms with Crippen molar-refractivity contribution in [1.82, 2.24) is 9.97 Å². The van der Waals surface area contributed by atoms with Gasteiger partial charge in [-0.25, -0.2) is 14.4 Å². The molecule has 0 bridgehead atoms. The van der Waals surface area contributed by atoms with Gasteiger partial charge in [0.25, 0.3) is 0 Å². The van der Waals surface area contributed by atoms with E-state index in [4.69, 9.17) is 10.5 Å². The highest BCUT2D eigenvalue weighted by atomic mass is 19.1. The first kappa shape index (κ1) is 13.0. The van der Waals surface area contributed by atoms with E-state index in [0.29, 0.717) is 22.2 Å². The van der Waals surface area contributed by atoms with E-state index in [0.717, 1.165) is 0 Å². The Morgan fingerprint density at radius 1 is 1.10 bits per heavy atom. The summed E-state index contributed by atoms with van der Waals surface area (Å²) in [6.45, 7) is 0. The molecule has 0 atom stereocenters. The minimum absolute atomic E-state index is 0.242. The molecule has 0 saturated carbocycles. The van der Waals surface area contributed by atoms with Crippen molar-refractivity contribution in [1.29, 1.82) is 0 Å². The Morgan fingerprint density at radius 2 is 1.86 bits per heavy atom.